The van der Waals surface area contributed by atoms with Gasteiger partial charge in [-0.2, -0.15) is 0 Å². The highest BCUT2D eigenvalue weighted by Gasteiger charge is 2.13. The van der Waals surface area contributed by atoms with E-state index in [-0.39, 0.29) is 30.0 Å². The molecule has 44 heavy (non-hydrogen) atoms. The van der Waals surface area contributed by atoms with Crippen LogP contribution in [0.4, 0.5) is 22.7 Å². The molecule has 5 rings (SSSR count). The van der Waals surface area contributed by atoms with E-state index in [2.05, 4.69) is 21.3 Å². The minimum absolute atomic E-state index is 0.129. The summed E-state index contributed by atoms with van der Waals surface area (Å²) >= 11 is 0. The Morgan fingerprint density at radius 3 is 1.45 bits per heavy atom. The fourth-order valence-electron chi connectivity index (χ4n) is 4.42. The Bertz CT molecular complexity index is 1740. The lowest BCUT2D eigenvalue weighted by Gasteiger charge is -2.09. The second kappa shape index (κ2) is 14.2. The molecular weight excluding hydrogens is 552 g/mol. The van der Waals surface area contributed by atoms with Crippen molar-refractivity contribution < 1.29 is 19.2 Å². The molecule has 0 bridgehead atoms. The smallest absolute Gasteiger partial charge is 0.255 e. The van der Waals surface area contributed by atoms with Crippen molar-refractivity contribution in [1.82, 2.24) is 0 Å². The van der Waals surface area contributed by atoms with Crippen LogP contribution in [0.5, 0.6) is 0 Å². The van der Waals surface area contributed by atoms with Crippen molar-refractivity contribution in [2.45, 2.75) is 12.8 Å². The number of hydrogen-bond acceptors (Lipinski definition) is 4. The molecule has 8 nitrogen and oxygen atoms in total. The molecule has 0 radical (unpaired) electrons. The van der Waals surface area contributed by atoms with Gasteiger partial charge in [-0.3, -0.25) is 19.2 Å². The Balaban J connectivity index is 1.10. The third kappa shape index (κ3) is 8.27. The molecule has 4 N–H and O–H groups in total. The molecule has 1 aliphatic rings. The maximum absolute atomic E-state index is 12.9. The van der Waals surface area contributed by atoms with E-state index >= 15 is 0 Å². The highest BCUT2D eigenvalue weighted by atomic mass is 16.2. The summed E-state index contributed by atoms with van der Waals surface area (Å²) < 4.78 is 0. The van der Waals surface area contributed by atoms with Gasteiger partial charge >= 0.3 is 0 Å². The average molecular weight is 583 g/mol. The zero-order valence-corrected chi connectivity index (χ0v) is 23.7. The van der Waals surface area contributed by atoms with E-state index in [1.54, 1.807) is 78.9 Å². The number of benzene rings is 4. The first kappa shape index (κ1) is 29.5. The van der Waals surface area contributed by atoms with Gasteiger partial charge in [0, 0.05) is 39.4 Å². The highest BCUT2D eigenvalue weighted by molar-refractivity contribution is 6.08. The van der Waals surface area contributed by atoms with Crippen LogP contribution in [-0.2, 0) is 9.59 Å². The molecule has 4 aromatic rings. The van der Waals surface area contributed by atoms with Crippen molar-refractivity contribution in [2.24, 2.45) is 0 Å². The fraction of sp³-hybridized carbons (Fsp3) is 0.0556. The van der Waals surface area contributed by atoms with Crippen molar-refractivity contribution in [3.05, 3.63) is 156 Å². The topological polar surface area (TPSA) is 116 Å². The summed E-state index contributed by atoms with van der Waals surface area (Å²) in [7, 11) is 0. The van der Waals surface area contributed by atoms with Crippen LogP contribution in [0, 0.1) is 0 Å². The molecule has 8 heteroatoms. The predicted octanol–water partition coefficient (Wildman–Crippen LogP) is 6.97. The van der Waals surface area contributed by atoms with E-state index in [0.717, 1.165) is 11.3 Å². The van der Waals surface area contributed by atoms with E-state index in [9.17, 15) is 19.2 Å². The highest BCUT2D eigenvalue weighted by Crippen LogP contribution is 2.19. The number of rotatable bonds is 9. The van der Waals surface area contributed by atoms with E-state index in [1.807, 2.05) is 54.6 Å². The second-order valence-corrected chi connectivity index (χ2v) is 9.98. The largest absolute Gasteiger partial charge is 0.326 e. The van der Waals surface area contributed by atoms with Crippen LogP contribution in [-0.4, -0.2) is 23.6 Å². The maximum Gasteiger partial charge on any atom is 0.255 e. The number of carbonyl (C=O) groups excluding carboxylic acids is 4. The summed E-state index contributed by atoms with van der Waals surface area (Å²) in [5, 5.41) is 11.4. The van der Waals surface area contributed by atoms with Crippen molar-refractivity contribution in [3.8, 4) is 0 Å². The third-order valence-electron chi connectivity index (χ3n) is 6.72. The third-order valence-corrected chi connectivity index (χ3v) is 6.72. The zero-order valence-electron chi connectivity index (χ0n) is 23.7. The first-order chi connectivity index (χ1) is 21.4. The van der Waals surface area contributed by atoms with Gasteiger partial charge in [-0.1, -0.05) is 54.6 Å². The first-order valence-electron chi connectivity index (χ1n) is 14.0. The van der Waals surface area contributed by atoms with Crippen LogP contribution in [0.1, 0.15) is 33.6 Å². The Morgan fingerprint density at radius 2 is 0.932 bits per heavy atom. The standard InChI is InChI=1S/C36H30N4O4/c41-33(37-29-10-3-1-4-11-29)24-25-8-7-9-26(15-14-25)34(42)39-31-20-22-32(23-21-31)40-36(44)28-18-16-27(17-19-28)35(43)38-30-12-5-2-6-13-30/h1-6,8-23H,7,24H2,(H,37,41)(H,38,43)(H,39,42)(H,40,44). The quantitative estimate of drug-likeness (QED) is 0.171. The molecule has 0 atom stereocenters. The average Bonchev–Trinajstić information content (AvgIpc) is 3.28. The molecule has 4 aromatic carbocycles. The lowest BCUT2D eigenvalue weighted by Crippen LogP contribution is -2.15. The SMILES string of the molecule is O=C(CC1=CCC=C(C(=O)Nc2ccc(NC(=O)c3ccc(C(=O)Nc4ccccc4)cc3)cc2)C=C1)Nc1ccccc1. The molecule has 0 aromatic heterocycles. The summed E-state index contributed by atoms with van der Waals surface area (Å²) in [5.74, 6) is -1.00. The van der Waals surface area contributed by atoms with Gasteiger partial charge in [0.1, 0.15) is 0 Å². The number of carbonyl (C=O) groups is 4. The summed E-state index contributed by atoms with van der Waals surface area (Å²) in [6.07, 6.45) is 7.94. The first-order valence-corrected chi connectivity index (χ1v) is 14.0. The number of hydrogen-bond donors (Lipinski definition) is 4. The summed E-state index contributed by atoms with van der Waals surface area (Å²) in [6.45, 7) is 0. The molecule has 0 saturated carbocycles. The Labute approximate surface area is 255 Å². The molecule has 0 unspecified atom stereocenters. The summed E-state index contributed by atoms with van der Waals surface area (Å²) in [4.78, 5) is 50.5. The van der Waals surface area contributed by atoms with E-state index < -0.39 is 0 Å². The van der Waals surface area contributed by atoms with Gasteiger partial charge in [-0.15, -0.1) is 0 Å². The number of anilines is 4. The molecule has 4 amide bonds. The lowest BCUT2D eigenvalue weighted by atomic mass is 10.1. The van der Waals surface area contributed by atoms with Crippen LogP contribution < -0.4 is 21.3 Å². The Hall–Kier alpha value is -6.02. The molecule has 0 fully saturated rings. The predicted molar refractivity (Wildman–Crippen MR) is 173 cm³/mol. The number of para-hydroxylation sites is 2. The molecule has 0 saturated heterocycles. The number of amides is 4. The molecule has 0 aliphatic heterocycles. The summed E-state index contributed by atoms with van der Waals surface area (Å²) in [5.41, 5.74) is 4.68. The Kier molecular flexibility index (Phi) is 9.54. The van der Waals surface area contributed by atoms with Crippen molar-refractivity contribution in [1.29, 1.82) is 0 Å². The van der Waals surface area contributed by atoms with E-state index in [1.165, 1.54) is 0 Å². The molecule has 0 heterocycles. The van der Waals surface area contributed by atoms with Gasteiger partial charge in [0.15, 0.2) is 0 Å². The van der Waals surface area contributed by atoms with E-state index in [4.69, 9.17) is 0 Å². The van der Waals surface area contributed by atoms with Crippen LogP contribution in [0.3, 0.4) is 0 Å². The van der Waals surface area contributed by atoms with Crippen LogP contribution >= 0.6 is 0 Å². The maximum atomic E-state index is 12.9. The van der Waals surface area contributed by atoms with Gasteiger partial charge in [0.05, 0.1) is 6.42 Å². The van der Waals surface area contributed by atoms with E-state index in [0.29, 0.717) is 40.2 Å². The minimum atomic E-state index is -0.327. The lowest BCUT2D eigenvalue weighted by molar-refractivity contribution is -0.115. The van der Waals surface area contributed by atoms with Crippen LogP contribution in [0.15, 0.2) is 145 Å². The molecule has 1 aliphatic carbocycles. The Morgan fingerprint density at radius 1 is 0.477 bits per heavy atom. The minimum Gasteiger partial charge on any atom is -0.326 e. The van der Waals surface area contributed by atoms with Gasteiger partial charge < -0.3 is 21.3 Å². The van der Waals surface area contributed by atoms with Crippen molar-refractivity contribution in [3.63, 3.8) is 0 Å². The summed E-state index contributed by atoms with van der Waals surface area (Å²) in [6, 6.07) is 31.5. The number of allylic oxidation sites excluding steroid dienone is 3. The fourth-order valence-corrected chi connectivity index (χ4v) is 4.42. The van der Waals surface area contributed by atoms with Gasteiger partial charge in [0.2, 0.25) is 5.91 Å². The van der Waals surface area contributed by atoms with Crippen molar-refractivity contribution in [2.75, 3.05) is 21.3 Å². The van der Waals surface area contributed by atoms with Gasteiger partial charge in [0.25, 0.3) is 17.7 Å². The second-order valence-electron chi connectivity index (χ2n) is 9.98. The van der Waals surface area contributed by atoms with Crippen molar-refractivity contribution >= 4 is 46.4 Å². The van der Waals surface area contributed by atoms with Gasteiger partial charge in [-0.25, -0.2) is 0 Å². The monoisotopic (exact) mass is 582 g/mol. The molecule has 218 valence electrons. The molecule has 0 spiro atoms. The van der Waals surface area contributed by atoms with Crippen LogP contribution in [0.25, 0.3) is 0 Å². The zero-order chi connectivity index (χ0) is 30.7. The normalized spacial score (nSPS) is 12.2. The van der Waals surface area contributed by atoms with Crippen LogP contribution in [0.2, 0.25) is 0 Å². The molecular formula is C36H30N4O4. The van der Waals surface area contributed by atoms with Gasteiger partial charge in [-0.05, 0) is 90.9 Å². The number of nitrogens with one attached hydrogen (secondary N) is 4.